The molecule has 1 saturated carbocycles. The van der Waals surface area contributed by atoms with Gasteiger partial charge in [-0.1, -0.05) is 36.4 Å². The zero-order valence-electron chi connectivity index (χ0n) is 18.0. The molecule has 1 aliphatic rings. The minimum atomic E-state index is -0.484. The first kappa shape index (κ1) is 22.8. The second kappa shape index (κ2) is 10.9. The molecule has 0 aliphatic heterocycles. The van der Waals surface area contributed by atoms with Crippen molar-refractivity contribution in [2.75, 3.05) is 27.4 Å². The van der Waals surface area contributed by atoms with Crippen molar-refractivity contribution in [2.24, 2.45) is 0 Å². The zero-order valence-corrected chi connectivity index (χ0v) is 18.0. The number of Topliss-reactive ketones (excluding diaryl/α,β-unsaturated/α-hetero) is 1. The van der Waals surface area contributed by atoms with Crippen LogP contribution in [0.5, 0.6) is 11.5 Å². The first-order valence-corrected chi connectivity index (χ1v) is 10.0. The van der Waals surface area contributed by atoms with Crippen LogP contribution in [0.2, 0.25) is 0 Å². The second-order valence-electron chi connectivity index (χ2n) is 6.97. The van der Waals surface area contributed by atoms with Gasteiger partial charge in [0.15, 0.2) is 19.0 Å². The molecule has 0 bridgehead atoms. The summed E-state index contributed by atoms with van der Waals surface area (Å²) >= 11 is 0. The van der Waals surface area contributed by atoms with Crippen LogP contribution < -0.4 is 9.47 Å². The fourth-order valence-electron chi connectivity index (χ4n) is 3.21. The van der Waals surface area contributed by atoms with E-state index in [4.69, 9.17) is 9.47 Å². The Labute approximate surface area is 186 Å². The Hall–Kier alpha value is -3.87. The van der Waals surface area contributed by atoms with Crippen LogP contribution in [0.1, 0.15) is 24.0 Å². The first-order chi connectivity index (χ1) is 15.5. The Morgan fingerprint density at radius 2 is 1.16 bits per heavy atom. The Morgan fingerprint density at radius 1 is 0.750 bits per heavy atom. The highest BCUT2D eigenvalue weighted by atomic mass is 16.6. The molecule has 32 heavy (non-hydrogen) atoms. The standard InChI is InChI=1S/C25H24O7/c1-29-23(26)15-31-21-9-5-3-7-17(21)13-19-11-12-20(25(19)28)14-18-8-4-6-10-22(18)32-16-24(27)30-2/h3-10,13-14H,11-12,15-16H2,1-2H3/b19-13-,20-14+. The predicted molar refractivity (Wildman–Crippen MR) is 118 cm³/mol. The van der Waals surface area contributed by atoms with Crippen molar-refractivity contribution in [2.45, 2.75) is 12.8 Å². The van der Waals surface area contributed by atoms with E-state index in [1.165, 1.54) is 14.2 Å². The number of allylic oxidation sites excluding steroid dienone is 2. The number of methoxy groups -OCH3 is 2. The maximum Gasteiger partial charge on any atom is 0.343 e. The molecule has 1 fully saturated rings. The number of hydrogen-bond acceptors (Lipinski definition) is 7. The van der Waals surface area contributed by atoms with E-state index in [0.29, 0.717) is 46.6 Å². The average molecular weight is 436 g/mol. The second-order valence-corrected chi connectivity index (χ2v) is 6.97. The van der Waals surface area contributed by atoms with Crippen LogP contribution in [0.15, 0.2) is 59.7 Å². The van der Waals surface area contributed by atoms with Crippen molar-refractivity contribution in [3.63, 3.8) is 0 Å². The monoisotopic (exact) mass is 436 g/mol. The molecule has 0 aromatic heterocycles. The van der Waals surface area contributed by atoms with Crippen molar-refractivity contribution in [1.82, 2.24) is 0 Å². The summed E-state index contributed by atoms with van der Waals surface area (Å²) in [5, 5.41) is 0. The highest BCUT2D eigenvalue weighted by molar-refractivity contribution is 6.15. The number of esters is 2. The lowest BCUT2D eigenvalue weighted by molar-refractivity contribution is -0.143. The predicted octanol–water partition coefficient (Wildman–Crippen LogP) is 3.62. The van der Waals surface area contributed by atoms with Crippen molar-refractivity contribution in [1.29, 1.82) is 0 Å². The maximum absolute atomic E-state index is 13.0. The summed E-state index contributed by atoms with van der Waals surface area (Å²) in [6.07, 6.45) is 4.74. The van der Waals surface area contributed by atoms with Crippen molar-refractivity contribution < 1.29 is 33.3 Å². The molecule has 0 atom stereocenters. The number of carbonyl (C=O) groups is 3. The van der Waals surface area contributed by atoms with E-state index in [1.54, 1.807) is 36.4 Å². The maximum atomic E-state index is 13.0. The summed E-state index contributed by atoms with van der Waals surface area (Å²) in [5.74, 6) is -0.0321. The molecule has 166 valence electrons. The largest absolute Gasteiger partial charge is 0.481 e. The molecule has 0 radical (unpaired) electrons. The van der Waals surface area contributed by atoms with Crippen molar-refractivity contribution >= 4 is 29.9 Å². The Bertz CT molecular complexity index is 982. The number of carbonyl (C=O) groups excluding carboxylic acids is 3. The van der Waals surface area contributed by atoms with Gasteiger partial charge in [-0.15, -0.1) is 0 Å². The topological polar surface area (TPSA) is 88.1 Å². The summed E-state index contributed by atoms with van der Waals surface area (Å²) in [5.41, 5.74) is 2.72. The molecule has 3 rings (SSSR count). The van der Waals surface area contributed by atoms with Gasteiger partial charge in [-0.3, -0.25) is 4.79 Å². The number of benzene rings is 2. The van der Waals surface area contributed by atoms with Crippen molar-refractivity contribution in [3.8, 4) is 11.5 Å². The summed E-state index contributed by atoms with van der Waals surface area (Å²) in [6, 6.07) is 14.4. The van der Waals surface area contributed by atoms with Crippen LogP contribution in [0.3, 0.4) is 0 Å². The molecule has 2 aromatic rings. The highest BCUT2D eigenvalue weighted by Crippen LogP contribution is 2.33. The molecule has 0 heterocycles. The summed E-state index contributed by atoms with van der Waals surface area (Å²) < 4.78 is 20.3. The molecule has 0 unspecified atom stereocenters. The lowest BCUT2D eigenvalue weighted by atomic mass is 10.1. The van der Waals surface area contributed by atoms with Gasteiger partial charge in [0.1, 0.15) is 11.5 Å². The smallest absolute Gasteiger partial charge is 0.343 e. The Kier molecular flexibility index (Phi) is 7.80. The zero-order chi connectivity index (χ0) is 22.9. The van der Waals surface area contributed by atoms with Crippen LogP contribution >= 0.6 is 0 Å². The third-order valence-corrected chi connectivity index (χ3v) is 4.89. The molecule has 0 N–H and O–H groups in total. The molecule has 7 heteroatoms. The van der Waals surface area contributed by atoms with Gasteiger partial charge in [0.2, 0.25) is 0 Å². The molecule has 0 amide bonds. The van der Waals surface area contributed by atoms with Gasteiger partial charge >= 0.3 is 11.9 Å². The van der Waals surface area contributed by atoms with E-state index >= 15 is 0 Å². The fourth-order valence-corrected chi connectivity index (χ4v) is 3.21. The van der Waals surface area contributed by atoms with Crippen LogP contribution in [0.25, 0.3) is 12.2 Å². The van der Waals surface area contributed by atoms with E-state index in [1.807, 2.05) is 24.3 Å². The summed E-state index contributed by atoms with van der Waals surface area (Å²) in [4.78, 5) is 35.8. The average Bonchev–Trinajstić information content (AvgIpc) is 3.16. The summed E-state index contributed by atoms with van der Waals surface area (Å²) in [7, 11) is 2.59. The van der Waals surface area contributed by atoms with Crippen LogP contribution in [0, 0.1) is 0 Å². The lowest BCUT2D eigenvalue weighted by Gasteiger charge is -2.09. The highest BCUT2D eigenvalue weighted by Gasteiger charge is 2.24. The molecular weight excluding hydrogens is 412 g/mol. The summed E-state index contributed by atoms with van der Waals surface area (Å²) in [6.45, 7) is -0.420. The quantitative estimate of drug-likeness (QED) is 0.461. The van der Waals surface area contributed by atoms with E-state index < -0.39 is 11.9 Å². The molecule has 0 spiro atoms. The van der Waals surface area contributed by atoms with Crippen LogP contribution in [-0.2, 0) is 23.9 Å². The van der Waals surface area contributed by atoms with Gasteiger partial charge in [-0.25, -0.2) is 9.59 Å². The SMILES string of the molecule is COC(=O)COc1ccccc1/C=C1/CC/C(=C\c2ccccc2OCC(=O)OC)C1=O. The van der Waals surface area contributed by atoms with Gasteiger partial charge in [0.25, 0.3) is 0 Å². The Balaban J connectivity index is 1.79. The van der Waals surface area contributed by atoms with Crippen LogP contribution in [-0.4, -0.2) is 45.2 Å². The van der Waals surface area contributed by atoms with E-state index in [-0.39, 0.29) is 19.0 Å². The third kappa shape index (κ3) is 5.85. The minimum Gasteiger partial charge on any atom is -0.481 e. The van der Waals surface area contributed by atoms with E-state index in [2.05, 4.69) is 9.47 Å². The van der Waals surface area contributed by atoms with E-state index in [0.717, 1.165) is 0 Å². The number of para-hydroxylation sites is 2. The van der Waals surface area contributed by atoms with Crippen molar-refractivity contribution in [3.05, 3.63) is 70.8 Å². The first-order valence-electron chi connectivity index (χ1n) is 10.0. The Morgan fingerprint density at radius 3 is 1.56 bits per heavy atom. The van der Waals surface area contributed by atoms with Gasteiger partial charge in [0.05, 0.1) is 14.2 Å². The molecular formula is C25H24O7. The minimum absolute atomic E-state index is 0.0597. The normalized spacial score (nSPS) is 15.6. The third-order valence-electron chi connectivity index (χ3n) is 4.89. The lowest BCUT2D eigenvalue weighted by Crippen LogP contribution is -2.13. The van der Waals surface area contributed by atoms with Gasteiger partial charge in [0, 0.05) is 22.3 Å². The molecule has 0 saturated heterocycles. The fraction of sp³-hybridized carbons (Fsp3) is 0.240. The molecule has 7 nitrogen and oxygen atoms in total. The number of ketones is 1. The number of ether oxygens (including phenoxy) is 4. The van der Waals surface area contributed by atoms with Gasteiger partial charge < -0.3 is 18.9 Å². The van der Waals surface area contributed by atoms with Crippen LogP contribution in [0.4, 0.5) is 0 Å². The number of rotatable bonds is 8. The van der Waals surface area contributed by atoms with E-state index in [9.17, 15) is 14.4 Å². The molecule has 1 aliphatic carbocycles. The van der Waals surface area contributed by atoms with Gasteiger partial charge in [-0.05, 0) is 37.1 Å². The molecule has 2 aromatic carbocycles. The number of hydrogen-bond donors (Lipinski definition) is 0. The van der Waals surface area contributed by atoms with Gasteiger partial charge in [-0.2, -0.15) is 0 Å².